The van der Waals surface area contributed by atoms with Crippen LogP contribution in [0, 0.1) is 5.92 Å². The van der Waals surface area contributed by atoms with Gasteiger partial charge in [0.2, 0.25) is 0 Å². The van der Waals surface area contributed by atoms with Gasteiger partial charge in [-0.2, -0.15) is 5.21 Å². The summed E-state index contributed by atoms with van der Waals surface area (Å²) in [5.74, 6) is 1.49. The maximum absolute atomic E-state index is 3.96. The first kappa shape index (κ1) is 10.3. The minimum Gasteiger partial charge on any atom is -0.307 e. The summed E-state index contributed by atoms with van der Waals surface area (Å²) in [5.41, 5.74) is 0. The summed E-state index contributed by atoms with van der Waals surface area (Å²) in [6.45, 7) is 3.09. The maximum Gasteiger partial charge on any atom is 0.191 e. The molecule has 0 saturated carbocycles. The molecule has 15 heavy (non-hydrogen) atoms. The van der Waals surface area contributed by atoms with Crippen LogP contribution in [0.25, 0.3) is 0 Å². The molecular weight excluding hydrogens is 190 g/mol. The van der Waals surface area contributed by atoms with E-state index in [0.29, 0.717) is 0 Å². The number of aromatic nitrogens is 4. The number of hydrogen-bond donors (Lipinski definition) is 2. The Labute approximate surface area is 89.3 Å². The number of aromatic amines is 1. The van der Waals surface area contributed by atoms with Gasteiger partial charge in [-0.05, 0) is 38.6 Å². The summed E-state index contributed by atoms with van der Waals surface area (Å²) in [4.78, 5) is 0. The van der Waals surface area contributed by atoms with Crippen molar-refractivity contribution in [1.29, 1.82) is 0 Å². The van der Waals surface area contributed by atoms with Crippen molar-refractivity contribution in [1.82, 2.24) is 25.9 Å². The van der Waals surface area contributed by atoms with Gasteiger partial charge in [0.05, 0.1) is 6.04 Å². The van der Waals surface area contributed by atoms with Crippen molar-refractivity contribution < 1.29 is 0 Å². The second kappa shape index (κ2) is 5.02. The SMILES string of the molecule is CC(NCC1CC=CCC1)c1nn[nH]n1. The van der Waals surface area contributed by atoms with E-state index in [0.717, 1.165) is 18.3 Å². The Hall–Kier alpha value is -1.23. The minimum atomic E-state index is 0.176. The van der Waals surface area contributed by atoms with Crippen LogP contribution in [-0.4, -0.2) is 27.2 Å². The number of H-pyrrole nitrogens is 1. The summed E-state index contributed by atoms with van der Waals surface area (Å²) in [6, 6.07) is 0.176. The van der Waals surface area contributed by atoms with Crippen LogP contribution < -0.4 is 5.32 Å². The first-order chi connectivity index (χ1) is 7.36. The molecule has 82 valence electrons. The molecule has 2 rings (SSSR count). The second-order valence-corrected chi connectivity index (χ2v) is 4.05. The molecule has 0 aromatic carbocycles. The average molecular weight is 207 g/mol. The average Bonchev–Trinajstić information content (AvgIpc) is 2.81. The molecule has 0 amide bonds. The van der Waals surface area contributed by atoms with Gasteiger partial charge in [-0.3, -0.25) is 0 Å². The summed E-state index contributed by atoms with van der Waals surface area (Å²) in [5, 5.41) is 17.4. The fourth-order valence-electron chi connectivity index (χ4n) is 1.83. The number of hydrogen-bond acceptors (Lipinski definition) is 4. The Balaban J connectivity index is 1.75. The monoisotopic (exact) mass is 207 g/mol. The molecule has 2 atom stereocenters. The van der Waals surface area contributed by atoms with Crippen LogP contribution in [0.4, 0.5) is 0 Å². The van der Waals surface area contributed by atoms with Crippen molar-refractivity contribution in [2.45, 2.75) is 32.2 Å². The largest absolute Gasteiger partial charge is 0.307 e. The predicted molar refractivity (Wildman–Crippen MR) is 57.1 cm³/mol. The van der Waals surface area contributed by atoms with E-state index in [1.54, 1.807) is 0 Å². The normalized spacial score (nSPS) is 22.9. The smallest absolute Gasteiger partial charge is 0.191 e. The van der Waals surface area contributed by atoms with Crippen LogP contribution in [0.5, 0.6) is 0 Å². The summed E-state index contributed by atoms with van der Waals surface area (Å²) >= 11 is 0. The molecule has 2 unspecified atom stereocenters. The Morgan fingerprint density at radius 3 is 3.20 bits per heavy atom. The van der Waals surface area contributed by atoms with E-state index in [9.17, 15) is 0 Å². The third-order valence-corrected chi connectivity index (χ3v) is 2.84. The number of allylic oxidation sites excluding steroid dienone is 2. The van der Waals surface area contributed by atoms with Gasteiger partial charge in [0.1, 0.15) is 0 Å². The van der Waals surface area contributed by atoms with Gasteiger partial charge in [0.25, 0.3) is 0 Å². The van der Waals surface area contributed by atoms with Gasteiger partial charge < -0.3 is 5.32 Å². The summed E-state index contributed by atoms with van der Waals surface area (Å²) in [6.07, 6.45) is 8.21. The van der Waals surface area contributed by atoms with Gasteiger partial charge in [0.15, 0.2) is 5.82 Å². The molecule has 2 N–H and O–H groups in total. The third kappa shape index (κ3) is 2.86. The molecule has 1 heterocycles. The molecule has 0 spiro atoms. The number of nitrogens with zero attached hydrogens (tertiary/aromatic N) is 3. The van der Waals surface area contributed by atoms with Gasteiger partial charge in [0, 0.05) is 0 Å². The van der Waals surface area contributed by atoms with Gasteiger partial charge in [-0.25, -0.2) is 0 Å². The summed E-state index contributed by atoms with van der Waals surface area (Å²) < 4.78 is 0. The zero-order valence-corrected chi connectivity index (χ0v) is 8.98. The highest BCUT2D eigenvalue weighted by molar-refractivity contribution is 4.92. The lowest BCUT2D eigenvalue weighted by atomic mass is 9.94. The van der Waals surface area contributed by atoms with Gasteiger partial charge in [-0.15, -0.1) is 10.2 Å². The van der Waals surface area contributed by atoms with E-state index in [1.165, 1.54) is 19.3 Å². The molecule has 1 aromatic heterocycles. The standard InChI is InChI=1S/C10H17N5/c1-8(10-12-14-15-13-10)11-7-9-5-3-2-4-6-9/h2-3,8-9,11H,4-7H2,1H3,(H,12,13,14,15). The molecule has 0 saturated heterocycles. The number of tetrazole rings is 1. The maximum atomic E-state index is 3.96. The predicted octanol–water partition coefficient (Wildman–Crippen LogP) is 1.21. The lowest BCUT2D eigenvalue weighted by molar-refractivity contribution is 0.409. The minimum absolute atomic E-state index is 0.176. The van der Waals surface area contributed by atoms with Crippen LogP contribution >= 0.6 is 0 Å². The number of rotatable bonds is 4. The van der Waals surface area contributed by atoms with E-state index in [1.807, 2.05) is 0 Å². The topological polar surface area (TPSA) is 66.5 Å². The Morgan fingerprint density at radius 1 is 1.60 bits per heavy atom. The fraction of sp³-hybridized carbons (Fsp3) is 0.700. The first-order valence-corrected chi connectivity index (χ1v) is 5.48. The van der Waals surface area contributed by atoms with E-state index >= 15 is 0 Å². The van der Waals surface area contributed by atoms with Crippen molar-refractivity contribution in [3.05, 3.63) is 18.0 Å². The molecule has 5 heteroatoms. The molecule has 5 nitrogen and oxygen atoms in total. The van der Waals surface area contributed by atoms with Crippen LogP contribution in [0.3, 0.4) is 0 Å². The van der Waals surface area contributed by atoms with E-state index < -0.39 is 0 Å². The van der Waals surface area contributed by atoms with Crippen molar-refractivity contribution in [3.8, 4) is 0 Å². The van der Waals surface area contributed by atoms with Crippen LogP contribution in [0.1, 0.15) is 38.1 Å². The van der Waals surface area contributed by atoms with Crippen LogP contribution in [0.15, 0.2) is 12.2 Å². The van der Waals surface area contributed by atoms with Crippen molar-refractivity contribution in [2.24, 2.45) is 5.92 Å². The van der Waals surface area contributed by atoms with Crippen molar-refractivity contribution >= 4 is 0 Å². The highest BCUT2D eigenvalue weighted by Crippen LogP contribution is 2.18. The molecular formula is C10H17N5. The lowest BCUT2D eigenvalue weighted by Gasteiger charge is -2.19. The number of nitrogens with one attached hydrogen (secondary N) is 2. The van der Waals surface area contributed by atoms with Gasteiger partial charge >= 0.3 is 0 Å². The molecule has 0 aliphatic heterocycles. The Morgan fingerprint density at radius 2 is 2.53 bits per heavy atom. The molecule has 0 radical (unpaired) electrons. The van der Waals surface area contributed by atoms with Gasteiger partial charge in [-0.1, -0.05) is 17.4 Å². The molecule has 1 aliphatic carbocycles. The summed E-state index contributed by atoms with van der Waals surface area (Å²) in [7, 11) is 0. The zero-order chi connectivity index (χ0) is 10.5. The van der Waals surface area contributed by atoms with Crippen molar-refractivity contribution in [2.75, 3.05) is 6.54 Å². The van der Waals surface area contributed by atoms with Crippen LogP contribution in [0.2, 0.25) is 0 Å². The highest BCUT2D eigenvalue weighted by Gasteiger charge is 2.13. The molecule has 1 aliphatic rings. The van der Waals surface area contributed by atoms with Crippen molar-refractivity contribution in [3.63, 3.8) is 0 Å². The quantitative estimate of drug-likeness (QED) is 0.728. The third-order valence-electron chi connectivity index (χ3n) is 2.84. The van der Waals surface area contributed by atoms with E-state index in [2.05, 4.69) is 45.0 Å². The lowest BCUT2D eigenvalue weighted by Crippen LogP contribution is -2.27. The second-order valence-electron chi connectivity index (χ2n) is 4.05. The van der Waals surface area contributed by atoms with E-state index in [-0.39, 0.29) is 6.04 Å². The highest BCUT2D eigenvalue weighted by atomic mass is 15.5. The molecule has 0 fully saturated rings. The first-order valence-electron chi connectivity index (χ1n) is 5.48. The molecule has 1 aromatic rings. The zero-order valence-electron chi connectivity index (χ0n) is 8.98. The molecule has 0 bridgehead atoms. The fourth-order valence-corrected chi connectivity index (χ4v) is 1.83. The van der Waals surface area contributed by atoms with E-state index in [4.69, 9.17) is 0 Å². The van der Waals surface area contributed by atoms with Crippen LogP contribution in [-0.2, 0) is 0 Å². The Kier molecular flexibility index (Phi) is 3.45. The Bertz CT molecular complexity index is 306.